The Balaban J connectivity index is 0. The second-order valence-corrected chi connectivity index (χ2v) is 2.57. The zero-order valence-electron chi connectivity index (χ0n) is 10.7. The Kier molecular flexibility index (Phi) is 11.6. The van der Waals surface area contributed by atoms with Gasteiger partial charge in [0.15, 0.2) is 0 Å². The first-order chi connectivity index (χ1) is 7.22. The van der Waals surface area contributed by atoms with Crippen LogP contribution in [0, 0.1) is 0 Å². The zero-order valence-corrected chi connectivity index (χ0v) is 10.7. The van der Waals surface area contributed by atoms with Crippen molar-refractivity contribution in [3.8, 4) is 0 Å². The molecule has 2 nitrogen and oxygen atoms in total. The second kappa shape index (κ2) is 10.8. The highest BCUT2D eigenvalue weighted by Gasteiger charge is 2.04. The van der Waals surface area contributed by atoms with Gasteiger partial charge >= 0.3 is 0 Å². The van der Waals surface area contributed by atoms with Gasteiger partial charge in [-0.3, -0.25) is 4.79 Å². The molecular weight excluding hydrogens is 186 g/mol. The molecule has 0 N–H and O–H groups in total. The van der Waals surface area contributed by atoms with Crippen molar-refractivity contribution in [1.82, 2.24) is 4.90 Å². The Bertz CT molecular complexity index is 242. The molecule has 0 saturated heterocycles. The normalized spacial score (nSPS) is 7.60. The predicted molar refractivity (Wildman–Crippen MR) is 67.2 cm³/mol. The van der Waals surface area contributed by atoms with E-state index < -0.39 is 0 Å². The van der Waals surface area contributed by atoms with Crippen molar-refractivity contribution < 1.29 is 4.79 Å². The summed E-state index contributed by atoms with van der Waals surface area (Å²) in [6.07, 6.45) is 0. The molecule has 1 aromatic carbocycles. The molecule has 0 aromatic heterocycles. The van der Waals surface area contributed by atoms with Crippen LogP contribution in [0.4, 0.5) is 0 Å². The smallest absolute Gasteiger partial charge is 0.253 e. The molecule has 15 heavy (non-hydrogen) atoms. The summed E-state index contributed by atoms with van der Waals surface area (Å²) < 4.78 is 0. The molecule has 0 atom stereocenters. The van der Waals surface area contributed by atoms with Crippen molar-refractivity contribution >= 4 is 5.91 Å². The summed E-state index contributed by atoms with van der Waals surface area (Å²) in [5.74, 6) is 0.0469. The monoisotopic (exact) mass is 209 g/mol. The van der Waals surface area contributed by atoms with Crippen molar-refractivity contribution in [2.24, 2.45) is 0 Å². The van der Waals surface area contributed by atoms with Crippen LogP contribution in [0.25, 0.3) is 0 Å². The summed E-state index contributed by atoms with van der Waals surface area (Å²) in [5, 5.41) is 0. The van der Waals surface area contributed by atoms with Crippen LogP contribution in [0.15, 0.2) is 30.3 Å². The highest BCUT2D eigenvalue weighted by atomic mass is 16.2. The van der Waals surface area contributed by atoms with Gasteiger partial charge in [-0.25, -0.2) is 0 Å². The maximum absolute atomic E-state index is 11.3. The molecule has 2 heteroatoms. The molecule has 0 bridgehead atoms. The minimum atomic E-state index is 0.0469. The molecule has 0 heterocycles. The molecule has 0 radical (unpaired) electrons. The fourth-order valence-electron chi connectivity index (χ4n) is 0.839. The Morgan fingerprint density at radius 3 is 1.67 bits per heavy atom. The summed E-state index contributed by atoms with van der Waals surface area (Å²) in [7, 11) is 3.49. The Labute approximate surface area is 93.9 Å². The van der Waals surface area contributed by atoms with Crippen LogP contribution >= 0.6 is 0 Å². The van der Waals surface area contributed by atoms with E-state index in [0.29, 0.717) is 0 Å². The van der Waals surface area contributed by atoms with Gasteiger partial charge in [-0.1, -0.05) is 45.9 Å². The molecule has 1 aromatic rings. The van der Waals surface area contributed by atoms with Gasteiger partial charge in [0.05, 0.1) is 0 Å². The van der Waals surface area contributed by atoms with E-state index in [-0.39, 0.29) is 5.91 Å². The average Bonchev–Trinajstić information content (AvgIpc) is 2.34. The molecule has 0 spiro atoms. The SMILES string of the molecule is CC.CC.CN(C)C(=O)c1ccccc1. The fraction of sp³-hybridized carbons (Fsp3) is 0.462. The number of rotatable bonds is 1. The van der Waals surface area contributed by atoms with E-state index >= 15 is 0 Å². The lowest BCUT2D eigenvalue weighted by molar-refractivity contribution is 0.0827. The molecular formula is C13H23NO. The fourth-order valence-corrected chi connectivity index (χ4v) is 0.839. The Morgan fingerprint density at radius 2 is 1.33 bits per heavy atom. The second-order valence-electron chi connectivity index (χ2n) is 2.57. The number of carbonyl (C=O) groups is 1. The third-order valence-corrected chi connectivity index (χ3v) is 1.43. The van der Waals surface area contributed by atoms with E-state index in [1.54, 1.807) is 19.0 Å². The molecule has 0 aliphatic rings. The van der Waals surface area contributed by atoms with Crippen LogP contribution < -0.4 is 0 Å². The van der Waals surface area contributed by atoms with E-state index in [0.717, 1.165) is 5.56 Å². The lowest BCUT2D eigenvalue weighted by atomic mass is 10.2. The number of hydrogen-bond donors (Lipinski definition) is 0. The third-order valence-electron chi connectivity index (χ3n) is 1.43. The molecule has 0 saturated carbocycles. The number of amides is 1. The van der Waals surface area contributed by atoms with Crippen molar-refractivity contribution in [2.75, 3.05) is 14.1 Å². The summed E-state index contributed by atoms with van der Waals surface area (Å²) in [6.45, 7) is 8.00. The average molecular weight is 209 g/mol. The largest absolute Gasteiger partial charge is 0.345 e. The first-order valence-electron chi connectivity index (χ1n) is 5.48. The molecule has 86 valence electrons. The van der Waals surface area contributed by atoms with Crippen molar-refractivity contribution in [3.05, 3.63) is 35.9 Å². The highest BCUT2D eigenvalue weighted by Crippen LogP contribution is 2.00. The van der Waals surface area contributed by atoms with Gasteiger partial charge in [0.2, 0.25) is 0 Å². The number of hydrogen-bond acceptors (Lipinski definition) is 1. The topological polar surface area (TPSA) is 20.3 Å². The van der Waals surface area contributed by atoms with Gasteiger partial charge in [0, 0.05) is 19.7 Å². The van der Waals surface area contributed by atoms with E-state index in [1.165, 1.54) is 0 Å². The van der Waals surface area contributed by atoms with E-state index in [1.807, 2.05) is 58.0 Å². The Hall–Kier alpha value is -1.31. The van der Waals surface area contributed by atoms with Crippen LogP contribution in [-0.2, 0) is 0 Å². The summed E-state index contributed by atoms with van der Waals surface area (Å²) in [5.41, 5.74) is 0.734. The standard InChI is InChI=1S/C9H11NO.2C2H6/c1-10(2)9(11)8-6-4-3-5-7-8;2*1-2/h3-7H,1-2H3;2*1-2H3. The first kappa shape index (κ1) is 16.1. The summed E-state index contributed by atoms with van der Waals surface area (Å²) in [6, 6.07) is 9.23. The maximum Gasteiger partial charge on any atom is 0.253 e. The van der Waals surface area contributed by atoms with Crippen LogP contribution in [0.2, 0.25) is 0 Å². The van der Waals surface area contributed by atoms with E-state index in [4.69, 9.17) is 0 Å². The minimum absolute atomic E-state index is 0.0469. The molecule has 0 aliphatic heterocycles. The number of carbonyl (C=O) groups excluding carboxylic acids is 1. The molecule has 0 fully saturated rings. The first-order valence-corrected chi connectivity index (χ1v) is 5.48. The molecule has 1 amide bonds. The maximum atomic E-state index is 11.3. The number of nitrogens with zero attached hydrogens (tertiary/aromatic N) is 1. The lowest BCUT2D eigenvalue weighted by Crippen LogP contribution is -2.21. The number of benzene rings is 1. The van der Waals surface area contributed by atoms with Crippen molar-refractivity contribution in [1.29, 1.82) is 0 Å². The lowest BCUT2D eigenvalue weighted by Gasteiger charge is -2.08. The predicted octanol–water partition coefficient (Wildman–Crippen LogP) is 3.44. The van der Waals surface area contributed by atoms with Gasteiger partial charge in [-0.05, 0) is 12.1 Å². The van der Waals surface area contributed by atoms with Gasteiger partial charge < -0.3 is 4.90 Å². The van der Waals surface area contributed by atoms with E-state index in [2.05, 4.69) is 0 Å². The summed E-state index contributed by atoms with van der Waals surface area (Å²) in [4.78, 5) is 12.8. The van der Waals surface area contributed by atoms with E-state index in [9.17, 15) is 4.79 Å². The quantitative estimate of drug-likeness (QED) is 0.694. The van der Waals surface area contributed by atoms with Crippen LogP contribution in [-0.4, -0.2) is 24.9 Å². The van der Waals surface area contributed by atoms with Crippen molar-refractivity contribution in [2.45, 2.75) is 27.7 Å². The van der Waals surface area contributed by atoms with Gasteiger partial charge in [-0.15, -0.1) is 0 Å². The molecule has 1 rings (SSSR count). The Morgan fingerprint density at radius 1 is 0.933 bits per heavy atom. The zero-order chi connectivity index (χ0) is 12.3. The van der Waals surface area contributed by atoms with Crippen molar-refractivity contribution in [3.63, 3.8) is 0 Å². The van der Waals surface area contributed by atoms with Gasteiger partial charge in [0.1, 0.15) is 0 Å². The summed E-state index contributed by atoms with van der Waals surface area (Å²) >= 11 is 0. The van der Waals surface area contributed by atoms with Gasteiger partial charge in [0.25, 0.3) is 5.91 Å². The highest BCUT2D eigenvalue weighted by molar-refractivity contribution is 5.93. The van der Waals surface area contributed by atoms with Crippen LogP contribution in [0.3, 0.4) is 0 Å². The molecule has 0 aliphatic carbocycles. The third kappa shape index (κ3) is 6.72. The van der Waals surface area contributed by atoms with Gasteiger partial charge in [-0.2, -0.15) is 0 Å². The minimum Gasteiger partial charge on any atom is -0.345 e. The van der Waals surface area contributed by atoms with Crippen LogP contribution in [0.5, 0.6) is 0 Å². The molecule has 0 unspecified atom stereocenters. The van der Waals surface area contributed by atoms with Crippen LogP contribution in [0.1, 0.15) is 38.1 Å².